The van der Waals surface area contributed by atoms with Gasteiger partial charge in [-0.3, -0.25) is 0 Å². The first kappa shape index (κ1) is 5.96. The van der Waals surface area contributed by atoms with E-state index in [1.54, 1.807) is 0 Å². The Morgan fingerprint density at radius 1 is 1.00 bits per heavy atom. The van der Waals surface area contributed by atoms with E-state index in [1.807, 2.05) is 19.3 Å². The summed E-state index contributed by atoms with van der Waals surface area (Å²) in [5.74, 6) is 0. The molecule has 0 aliphatic heterocycles. The molecule has 0 bridgehead atoms. The molecule has 46 valence electrons. The standard InChI is InChI=1S/C9H9/c1-7-4-8(2)6-9(3)5-7/h4-6H,1-3H2/q-1. The maximum absolute atomic E-state index is 3.76. The molecule has 0 nitrogen and oxygen atoms in total. The first-order valence-corrected chi connectivity index (χ1v) is 2.79. The highest BCUT2D eigenvalue weighted by Gasteiger charge is 2.00. The predicted molar refractivity (Wildman–Crippen MR) is 40.3 cm³/mol. The Morgan fingerprint density at radius 2 is 1.44 bits per heavy atom. The lowest BCUT2D eigenvalue weighted by atomic mass is 9.89. The minimum Gasteiger partial charge on any atom is -0.155 e. The van der Waals surface area contributed by atoms with Gasteiger partial charge < -0.3 is 0 Å². The van der Waals surface area contributed by atoms with Crippen LogP contribution >= 0.6 is 0 Å². The van der Waals surface area contributed by atoms with Crippen LogP contribution in [0.1, 0.15) is 0 Å². The second-order valence-corrected chi connectivity index (χ2v) is 2.16. The summed E-state index contributed by atoms with van der Waals surface area (Å²) in [6, 6.07) is 0. The molecule has 0 amide bonds. The summed E-state index contributed by atoms with van der Waals surface area (Å²) in [6.07, 6.45) is 5.78. The number of rotatable bonds is 0. The van der Waals surface area contributed by atoms with Gasteiger partial charge in [0, 0.05) is 0 Å². The predicted octanol–water partition coefficient (Wildman–Crippen LogP) is 2.28. The monoisotopic (exact) mass is 117 g/mol. The van der Waals surface area contributed by atoms with E-state index in [1.165, 1.54) is 0 Å². The topological polar surface area (TPSA) is 0 Å². The van der Waals surface area contributed by atoms with Gasteiger partial charge in [0.05, 0.1) is 0 Å². The van der Waals surface area contributed by atoms with Crippen molar-refractivity contribution in [2.24, 2.45) is 0 Å². The fourth-order valence-electron chi connectivity index (χ4n) is 0.839. The molecular weight excluding hydrogens is 108 g/mol. The first-order chi connectivity index (χ1) is 4.18. The van der Waals surface area contributed by atoms with Gasteiger partial charge in [0.15, 0.2) is 0 Å². The lowest BCUT2D eigenvalue weighted by Gasteiger charge is -2.24. The molecule has 0 spiro atoms. The zero-order valence-electron chi connectivity index (χ0n) is 5.35. The van der Waals surface area contributed by atoms with Gasteiger partial charge >= 0.3 is 0 Å². The zero-order chi connectivity index (χ0) is 6.85. The molecule has 9 heavy (non-hydrogen) atoms. The summed E-state index contributed by atoms with van der Waals surface area (Å²) in [6.45, 7) is 11.3. The highest BCUT2D eigenvalue weighted by molar-refractivity contribution is 5.52. The third kappa shape index (κ3) is 1.36. The third-order valence-corrected chi connectivity index (χ3v) is 1.11. The number of allylic oxidation sites excluding steroid dienone is 3. The Hall–Kier alpha value is -1.17. The van der Waals surface area contributed by atoms with Crippen LogP contribution in [0.2, 0.25) is 0 Å². The molecule has 1 rings (SSSR count). The van der Waals surface area contributed by atoms with Gasteiger partial charge in [0.2, 0.25) is 0 Å². The molecule has 0 aromatic heterocycles. The van der Waals surface area contributed by atoms with Gasteiger partial charge in [0.1, 0.15) is 0 Å². The Morgan fingerprint density at radius 3 is 1.78 bits per heavy atom. The summed E-state index contributed by atoms with van der Waals surface area (Å²) in [4.78, 5) is 0. The van der Waals surface area contributed by atoms with Gasteiger partial charge in [-0.1, -0.05) is 5.57 Å². The van der Waals surface area contributed by atoms with Crippen LogP contribution in [0.3, 0.4) is 0 Å². The number of hydrogen-bond acceptors (Lipinski definition) is 0. The van der Waals surface area contributed by atoms with Crippen LogP contribution in [0.4, 0.5) is 0 Å². The maximum Gasteiger partial charge on any atom is -0.0989 e. The smallest absolute Gasteiger partial charge is 0.0989 e. The second kappa shape index (κ2) is 1.98. The highest BCUT2D eigenvalue weighted by Crippen LogP contribution is 2.25. The van der Waals surface area contributed by atoms with Crippen molar-refractivity contribution >= 4 is 0 Å². The van der Waals surface area contributed by atoms with Gasteiger partial charge in [-0.2, -0.15) is 13.2 Å². The van der Waals surface area contributed by atoms with Crippen molar-refractivity contribution in [2.45, 2.75) is 0 Å². The Kier molecular flexibility index (Phi) is 1.31. The fraction of sp³-hybridized carbons (Fsp3) is 0. The fourth-order valence-corrected chi connectivity index (χ4v) is 0.839. The van der Waals surface area contributed by atoms with E-state index >= 15 is 0 Å². The van der Waals surface area contributed by atoms with Gasteiger partial charge in [-0.25, -0.2) is 0 Å². The Bertz CT molecular complexity index is 127. The molecule has 0 N–H and O–H groups in total. The lowest BCUT2D eigenvalue weighted by molar-refractivity contribution is 1.27. The largest absolute Gasteiger partial charge is 0.155 e. The summed E-state index contributed by atoms with van der Waals surface area (Å²) < 4.78 is 0. The van der Waals surface area contributed by atoms with Crippen LogP contribution < -0.4 is 0 Å². The van der Waals surface area contributed by atoms with E-state index < -0.39 is 0 Å². The van der Waals surface area contributed by atoms with Crippen molar-refractivity contribution in [2.75, 3.05) is 0 Å². The van der Waals surface area contributed by atoms with Crippen molar-refractivity contribution in [1.82, 2.24) is 0 Å². The molecule has 0 aromatic rings. The second-order valence-electron chi connectivity index (χ2n) is 2.16. The van der Waals surface area contributed by atoms with Crippen LogP contribution in [-0.2, 0) is 0 Å². The molecule has 0 heteroatoms. The van der Waals surface area contributed by atoms with E-state index in [4.69, 9.17) is 0 Å². The van der Waals surface area contributed by atoms with Crippen molar-refractivity contribution < 1.29 is 0 Å². The minimum atomic E-state index is 0.979. The van der Waals surface area contributed by atoms with Crippen LogP contribution in [0.25, 0.3) is 0 Å². The Labute approximate surface area is 56.6 Å². The van der Waals surface area contributed by atoms with E-state index in [0.29, 0.717) is 0 Å². The van der Waals surface area contributed by atoms with Gasteiger partial charge in [-0.05, 0) is 0 Å². The molecule has 1 aliphatic rings. The molecule has 0 radical (unpaired) electrons. The average molecular weight is 117 g/mol. The molecule has 0 saturated heterocycles. The highest BCUT2D eigenvalue weighted by atomic mass is 14.1. The molecular formula is C9H9-. The molecule has 0 atom stereocenters. The van der Waals surface area contributed by atoms with E-state index in [2.05, 4.69) is 19.7 Å². The molecule has 1 saturated carbocycles. The summed E-state index contributed by atoms with van der Waals surface area (Å²) in [7, 11) is 0. The van der Waals surface area contributed by atoms with Crippen LogP contribution in [0.15, 0.2) is 36.5 Å². The van der Waals surface area contributed by atoms with Gasteiger partial charge in [-0.15, -0.1) is 37.0 Å². The number of hydrogen-bond donors (Lipinski definition) is 0. The normalized spacial score (nSPS) is 18.0. The summed E-state index contributed by atoms with van der Waals surface area (Å²) in [5, 5.41) is 0. The SMILES string of the molecule is C=C1[CH+]C(=C)[CH-]C(=C)[CH-]1. The third-order valence-electron chi connectivity index (χ3n) is 1.11. The minimum absolute atomic E-state index is 0.979. The van der Waals surface area contributed by atoms with Crippen molar-refractivity contribution in [1.29, 1.82) is 0 Å². The average Bonchev–Trinajstić information content (AvgIpc) is 1.59. The molecule has 0 aromatic carbocycles. The van der Waals surface area contributed by atoms with Crippen molar-refractivity contribution in [3.63, 3.8) is 0 Å². The van der Waals surface area contributed by atoms with Crippen LogP contribution in [0.5, 0.6) is 0 Å². The maximum atomic E-state index is 3.76. The summed E-state index contributed by atoms with van der Waals surface area (Å²) in [5.41, 5.74) is 2.94. The molecule has 0 unspecified atom stereocenters. The zero-order valence-corrected chi connectivity index (χ0v) is 5.35. The van der Waals surface area contributed by atoms with Crippen molar-refractivity contribution in [3.05, 3.63) is 55.7 Å². The van der Waals surface area contributed by atoms with Crippen molar-refractivity contribution in [3.8, 4) is 0 Å². The van der Waals surface area contributed by atoms with Crippen LogP contribution in [-0.4, -0.2) is 0 Å². The van der Waals surface area contributed by atoms with Crippen LogP contribution in [0, 0.1) is 19.3 Å². The van der Waals surface area contributed by atoms with E-state index in [-0.39, 0.29) is 0 Å². The van der Waals surface area contributed by atoms with E-state index in [9.17, 15) is 0 Å². The molecule has 1 fully saturated rings. The Balaban J connectivity index is 2.64. The first-order valence-electron chi connectivity index (χ1n) is 2.79. The quantitative estimate of drug-likeness (QED) is 0.427. The van der Waals surface area contributed by atoms with Gasteiger partial charge in [0.25, 0.3) is 0 Å². The lowest BCUT2D eigenvalue weighted by Crippen LogP contribution is -2.00. The van der Waals surface area contributed by atoms with E-state index in [0.717, 1.165) is 16.7 Å². The molecule has 1 aliphatic carbocycles. The summed E-state index contributed by atoms with van der Waals surface area (Å²) >= 11 is 0. The molecule has 0 heterocycles.